The minimum Gasteiger partial charge on any atom is -0.324 e. The molecule has 1 fully saturated rings. The topological polar surface area (TPSA) is 36.4 Å². The zero-order valence-corrected chi connectivity index (χ0v) is 10.5. The Bertz CT molecular complexity index is 380. The number of pyridine rings is 1. The van der Waals surface area contributed by atoms with Crippen molar-refractivity contribution < 1.29 is 4.79 Å². The van der Waals surface area contributed by atoms with Crippen molar-refractivity contribution in [3.63, 3.8) is 0 Å². The van der Waals surface area contributed by atoms with Gasteiger partial charge in [-0.2, -0.15) is 0 Å². The summed E-state index contributed by atoms with van der Waals surface area (Å²) in [6, 6.07) is 3.82. The third kappa shape index (κ3) is 2.75. The molecule has 0 bridgehead atoms. The van der Waals surface area contributed by atoms with Gasteiger partial charge in [0.1, 0.15) is 0 Å². The highest BCUT2D eigenvalue weighted by molar-refractivity contribution is 5.91. The summed E-state index contributed by atoms with van der Waals surface area (Å²) >= 11 is 0. The first-order valence-corrected chi connectivity index (χ1v) is 6.11. The molecule has 1 aromatic heterocycles. The maximum atomic E-state index is 12.3. The first kappa shape index (κ1) is 11.9. The molecule has 1 saturated heterocycles. The Morgan fingerprint density at radius 2 is 2.41 bits per heavy atom. The van der Waals surface area contributed by atoms with E-state index in [0.29, 0.717) is 5.92 Å². The van der Waals surface area contributed by atoms with E-state index in [1.165, 1.54) is 6.42 Å². The molecule has 1 unspecified atom stereocenters. The van der Waals surface area contributed by atoms with Crippen LogP contribution in [0, 0.1) is 5.92 Å². The van der Waals surface area contributed by atoms with Crippen molar-refractivity contribution in [1.29, 1.82) is 0 Å². The minimum absolute atomic E-state index is 0.0737. The standard InChI is InChI=1S/C13H19N3O/c1-11-5-4-8-16(10-11)13(17)15(2)12-6-3-7-14-9-12/h3,6-7,9,11H,4-5,8,10H2,1-2H3. The Labute approximate surface area is 102 Å². The zero-order valence-electron chi connectivity index (χ0n) is 10.5. The number of anilines is 1. The molecule has 2 amide bonds. The lowest BCUT2D eigenvalue weighted by atomic mass is 10.0. The Hall–Kier alpha value is -1.58. The van der Waals surface area contributed by atoms with Crippen LogP contribution in [0.1, 0.15) is 19.8 Å². The summed E-state index contributed by atoms with van der Waals surface area (Å²) in [7, 11) is 1.80. The summed E-state index contributed by atoms with van der Waals surface area (Å²) < 4.78 is 0. The third-order valence-electron chi connectivity index (χ3n) is 3.25. The number of likely N-dealkylation sites (tertiary alicyclic amines) is 1. The van der Waals surface area contributed by atoms with Crippen LogP contribution in [0.3, 0.4) is 0 Å². The van der Waals surface area contributed by atoms with Gasteiger partial charge in [0.2, 0.25) is 0 Å². The SMILES string of the molecule is CC1CCCN(C(=O)N(C)c2cccnc2)C1. The molecule has 1 aliphatic rings. The summed E-state index contributed by atoms with van der Waals surface area (Å²) in [5, 5.41) is 0. The summed E-state index contributed by atoms with van der Waals surface area (Å²) in [5.41, 5.74) is 0.843. The van der Waals surface area contributed by atoms with E-state index in [1.807, 2.05) is 17.0 Å². The van der Waals surface area contributed by atoms with Gasteiger partial charge in [-0.3, -0.25) is 9.88 Å². The molecule has 0 aliphatic carbocycles. The molecule has 0 spiro atoms. The van der Waals surface area contributed by atoms with Gasteiger partial charge in [-0.1, -0.05) is 6.92 Å². The third-order valence-corrected chi connectivity index (χ3v) is 3.25. The fourth-order valence-electron chi connectivity index (χ4n) is 2.24. The molecule has 0 aromatic carbocycles. The van der Waals surface area contributed by atoms with Gasteiger partial charge < -0.3 is 4.90 Å². The molecule has 92 valence electrons. The van der Waals surface area contributed by atoms with Gasteiger partial charge in [0.15, 0.2) is 0 Å². The lowest BCUT2D eigenvalue weighted by Gasteiger charge is -2.33. The van der Waals surface area contributed by atoms with E-state index >= 15 is 0 Å². The summed E-state index contributed by atoms with van der Waals surface area (Å²) in [5.74, 6) is 0.606. The van der Waals surface area contributed by atoms with Crippen molar-refractivity contribution in [2.75, 3.05) is 25.0 Å². The number of hydrogen-bond donors (Lipinski definition) is 0. The summed E-state index contributed by atoms with van der Waals surface area (Å²) in [6.45, 7) is 3.93. The second-order valence-corrected chi connectivity index (χ2v) is 4.75. The van der Waals surface area contributed by atoms with Gasteiger partial charge in [0, 0.05) is 26.3 Å². The molecule has 1 aromatic rings. The van der Waals surface area contributed by atoms with Crippen LogP contribution in [0.5, 0.6) is 0 Å². The molecule has 2 rings (SSSR count). The average Bonchev–Trinajstić information content (AvgIpc) is 2.38. The van der Waals surface area contributed by atoms with Gasteiger partial charge in [-0.05, 0) is 30.9 Å². The van der Waals surface area contributed by atoms with Crippen molar-refractivity contribution in [1.82, 2.24) is 9.88 Å². The molecular formula is C13H19N3O. The van der Waals surface area contributed by atoms with Crippen LogP contribution >= 0.6 is 0 Å². The number of aromatic nitrogens is 1. The maximum Gasteiger partial charge on any atom is 0.324 e. The summed E-state index contributed by atoms with van der Waals surface area (Å²) in [4.78, 5) is 19.9. The molecule has 1 atom stereocenters. The van der Waals surface area contributed by atoms with Gasteiger partial charge >= 0.3 is 6.03 Å². The highest BCUT2D eigenvalue weighted by Gasteiger charge is 2.24. The van der Waals surface area contributed by atoms with Crippen LogP contribution < -0.4 is 4.90 Å². The lowest BCUT2D eigenvalue weighted by Crippen LogP contribution is -2.45. The molecule has 1 aliphatic heterocycles. The van der Waals surface area contributed by atoms with Crippen LogP contribution in [0.15, 0.2) is 24.5 Å². The van der Waals surface area contributed by atoms with Gasteiger partial charge in [0.25, 0.3) is 0 Å². The largest absolute Gasteiger partial charge is 0.324 e. The van der Waals surface area contributed by atoms with E-state index in [4.69, 9.17) is 0 Å². The Balaban J connectivity index is 2.04. The highest BCUT2D eigenvalue weighted by Crippen LogP contribution is 2.19. The lowest BCUT2D eigenvalue weighted by molar-refractivity contribution is 0.177. The predicted molar refractivity (Wildman–Crippen MR) is 68.0 cm³/mol. The van der Waals surface area contributed by atoms with Crippen molar-refractivity contribution in [3.05, 3.63) is 24.5 Å². The fraction of sp³-hybridized carbons (Fsp3) is 0.538. The fourth-order valence-corrected chi connectivity index (χ4v) is 2.24. The Morgan fingerprint density at radius 1 is 1.59 bits per heavy atom. The molecular weight excluding hydrogens is 214 g/mol. The zero-order chi connectivity index (χ0) is 12.3. The van der Waals surface area contributed by atoms with E-state index < -0.39 is 0 Å². The molecule has 2 heterocycles. The smallest absolute Gasteiger partial charge is 0.324 e. The molecule has 4 nitrogen and oxygen atoms in total. The van der Waals surface area contributed by atoms with Crippen molar-refractivity contribution in [2.45, 2.75) is 19.8 Å². The van der Waals surface area contributed by atoms with Crippen LogP contribution in [0.2, 0.25) is 0 Å². The summed E-state index contributed by atoms with van der Waals surface area (Å²) in [6.07, 6.45) is 5.75. The normalized spacial score (nSPS) is 20.1. The Kier molecular flexibility index (Phi) is 3.61. The first-order valence-electron chi connectivity index (χ1n) is 6.11. The number of rotatable bonds is 1. The number of nitrogens with zero attached hydrogens (tertiary/aromatic N) is 3. The van der Waals surface area contributed by atoms with Crippen LogP contribution in [0.4, 0.5) is 10.5 Å². The van der Waals surface area contributed by atoms with E-state index in [-0.39, 0.29) is 6.03 Å². The van der Waals surface area contributed by atoms with Crippen LogP contribution in [-0.2, 0) is 0 Å². The van der Waals surface area contributed by atoms with Gasteiger partial charge in [0.05, 0.1) is 11.9 Å². The Morgan fingerprint density at radius 3 is 3.06 bits per heavy atom. The second-order valence-electron chi connectivity index (χ2n) is 4.75. The molecule has 0 saturated carbocycles. The predicted octanol–water partition coefficient (Wildman–Crippen LogP) is 2.37. The van der Waals surface area contributed by atoms with Crippen LogP contribution in [0.25, 0.3) is 0 Å². The molecule has 0 N–H and O–H groups in total. The van der Waals surface area contributed by atoms with Crippen molar-refractivity contribution >= 4 is 11.7 Å². The van der Waals surface area contributed by atoms with Crippen LogP contribution in [-0.4, -0.2) is 36.1 Å². The number of amides is 2. The monoisotopic (exact) mass is 233 g/mol. The molecule has 0 radical (unpaired) electrons. The molecule has 17 heavy (non-hydrogen) atoms. The number of piperidine rings is 1. The number of hydrogen-bond acceptors (Lipinski definition) is 2. The minimum atomic E-state index is 0.0737. The molecule has 4 heteroatoms. The average molecular weight is 233 g/mol. The number of carbonyl (C=O) groups is 1. The van der Waals surface area contributed by atoms with Crippen molar-refractivity contribution in [3.8, 4) is 0 Å². The number of carbonyl (C=O) groups excluding carboxylic acids is 1. The van der Waals surface area contributed by atoms with Crippen molar-refractivity contribution in [2.24, 2.45) is 5.92 Å². The van der Waals surface area contributed by atoms with E-state index in [1.54, 1.807) is 24.3 Å². The van der Waals surface area contributed by atoms with E-state index in [2.05, 4.69) is 11.9 Å². The quantitative estimate of drug-likeness (QED) is 0.746. The highest BCUT2D eigenvalue weighted by atomic mass is 16.2. The first-order chi connectivity index (χ1) is 8.18. The van der Waals surface area contributed by atoms with Gasteiger partial charge in [-0.25, -0.2) is 4.79 Å². The van der Waals surface area contributed by atoms with E-state index in [0.717, 1.165) is 25.2 Å². The maximum absolute atomic E-state index is 12.3. The second kappa shape index (κ2) is 5.17. The van der Waals surface area contributed by atoms with E-state index in [9.17, 15) is 4.79 Å². The number of urea groups is 1. The van der Waals surface area contributed by atoms with Gasteiger partial charge in [-0.15, -0.1) is 0 Å².